The Balaban J connectivity index is 0.000000437. The predicted octanol–water partition coefficient (Wildman–Crippen LogP) is 8.36. The Bertz CT molecular complexity index is 373. The van der Waals surface area contributed by atoms with Gasteiger partial charge >= 0.3 is 17.1 Å². The molecule has 4 atom stereocenters. The molecular weight excluding hydrogens is 430 g/mol. The van der Waals surface area contributed by atoms with Crippen molar-refractivity contribution in [1.82, 2.24) is 0 Å². The van der Waals surface area contributed by atoms with Gasteiger partial charge in [0.25, 0.3) is 0 Å². The Morgan fingerprint density at radius 1 is 0.552 bits per heavy atom. The number of rotatable bonds is 6. The Morgan fingerprint density at radius 3 is 1.07 bits per heavy atom. The minimum atomic E-state index is 0. The molecule has 160 valence electrons. The second-order valence-electron chi connectivity index (χ2n) is 8.48. The molecule has 29 heavy (non-hydrogen) atoms. The molecule has 0 spiro atoms. The van der Waals surface area contributed by atoms with Crippen LogP contribution in [0.5, 0.6) is 0 Å². The van der Waals surface area contributed by atoms with Crippen LogP contribution in [0, 0.1) is 62.7 Å². The largest absolute Gasteiger partial charge is 2.00 e. The van der Waals surface area contributed by atoms with E-state index < -0.39 is 0 Å². The number of hydrogen-bond acceptors (Lipinski definition) is 0. The molecule has 0 aromatic heterocycles. The van der Waals surface area contributed by atoms with Crippen LogP contribution in [0.4, 0.5) is 0 Å². The third-order valence-corrected chi connectivity index (χ3v) is 14.7. The Kier molecular flexibility index (Phi) is 12.7. The van der Waals surface area contributed by atoms with Gasteiger partial charge in [0.2, 0.25) is 0 Å². The summed E-state index contributed by atoms with van der Waals surface area (Å²) in [6.07, 6.45) is 29.1. The van der Waals surface area contributed by atoms with Crippen molar-refractivity contribution < 1.29 is 17.1 Å². The molecule has 2 heterocycles. The summed E-state index contributed by atoms with van der Waals surface area (Å²) in [7, 11) is 0.202. The van der Waals surface area contributed by atoms with E-state index in [4.69, 9.17) is 0 Å². The first-order valence-electron chi connectivity index (χ1n) is 11.7. The summed E-state index contributed by atoms with van der Waals surface area (Å²) in [6.45, 7) is 9.74. The summed E-state index contributed by atoms with van der Waals surface area (Å²) in [4.78, 5) is 0. The van der Waals surface area contributed by atoms with E-state index in [2.05, 4.69) is 47.0 Å². The van der Waals surface area contributed by atoms with Gasteiger partial charge < -0.3 is 0 Å². The minimum absolute atomic E-state index is 0. The maximum Gasteiger partial charge on any atom is 2.00 e. The summed E-state index contributed by atoms with van der Waals surface area (Å²) >= 11 is 0. The molecular formula is C26H40FeP2+2. The van der Waals surface area contributed by atoms with Gasteiger partial charge in [-0.3, -0.25) is 0 Å². The van der Waals surface area contributed by atoms with Gasteiger partial charge in [-0.15, -0.1) is 0 Å². The maximum absolute atomic E-state index is 2.55. The first-order valence-corrected chi connectivity index (χ1v) is 14.7. The van der Waals surface area contributed by atoms with E-state index in [-0.39, 0.29) is 32.9 Å². The van der Waals surface area contributed by atoms with Gasteiger partial charge in [-0.1, -0.05) is 43.5 Å². The summed E-state index contributed by atoms with van der Waals surface area (Å²) in [6, 6.07) is 0. The van der Waals surface area contributed by atoms with Crippen LogP contribution in [0.1, 0.15) is 79.1 Å². The van der Waals surface area contributed by atoms with Gasteiger partial charge in [-0.25, -0.2) is 0 Å². The van der Waals surface area contributed by atoms with Crippen LogP contribution < -0.4 is 0 Å². The summed E-state index contributed by atoms with van der Waals surface area (Å²) in [5.41, 5.74) is 7.76. The van der Waals surface area contributed by atoms with Crippen molar-refractivity contribution in [3.05, 3.63) is 62.7 Å². The predicted molar refractivity (Wildman–Crippen MR) is 130 cm³/mol. The first kappa shape index (κ1) is 26.6. The van der Waals surface area contributed by atoms with Crippen molar-refractivity contribution in [2.24, 2.45) is 0 Å². The molecule has 2 aliphatic heterocycles. The average molecular weight is 470 g/mol. The molecule has 0 aromatic rings. The molecule has 0 nitrogen and oxygen atoms in total. The van der Waals surface area contributed by atoms with Crippen LogP contribution in [0.15, 0.2) is 0 Å². The van der Waals surface area contributed by atoms with Crippen LogP contribution in [0.2, 0.25) is 0 Å². The SMILES string of the molecule is CCC1CCC(CC)P1[C]1[CH][CH][CH][C]1P1C(CC)CCC1CC.[CH]1[CH][CH][CH][CH]1.[Fe+2]. The molecule has 4 rings (SSSR count). The second kappa shape index (κ2) is 13.8. The van der Waals surface area contributed by atoms with Crippen LogP contribution in [0.25, 0.3) is 0 Å². The molecule has 2 aliphatic carbocycles. The van der Waals surface area contributed by atoms with E-state index in [1.165, 1.54) is 51.4 Å². The monoisotopic (exact) mass is 470 g/mol. The van der Waals surface area contributed by atoms with Gasteiger partial charge in [-0.05, 0) is 125 Å². The van der Waals surface area contributed by atoms with Crippen molar-refractivity contribution in [2.75, 3.05) is 0 Å². The van der Waals surface area contributed by atoms with Gasteiger partial charge in [0.15, 0.2) is 0 Å². The van der Waals surface area contributed by atoms with E-state index in [9.17, 15) is 0 Å². The molecule has 4 fully saturated rings. The van der Waals surface area contributed by atoms with E-state index in [1.54, 1.807) is 0 Å². The molecule has 2 saturated heterocycles. The molecule has 0 N–H and O–H groups in total. The fourth-order valence-corrected chi connectivity index (χ4v) is 13.4. The second-order valence-corrected chi connectivity index (χ2v) is 14.0. The zero-order valence-electron chi connectivity index (χ0n) is 18.8. The molecule has 4 aliphatic rings. The first-order chi connectivity index (χ1) is 13.7. The zero-order chi connectivity index (χ0) is 19.9. The van der Waals surface area contributed by atoms with Crippen molar-refractivity contribution in [3.63, 3.8) is 0 Å². The molecule has 3 heteroatoms. The van der Waals surface area contributed by atoms with Crippen LogP contribution in [-0.2, 0) is 17.1 Å². The zero-order valence-corrected chi connectivity index (χ0v) is 21.7. The average Bonchev–Trinajstić information content (AvgIpc) is 3.52. The van der Waals surface area contributed by atoms with Gasteiger partial charge in [-0.2, -0.15) is 0 Å². The minimum Gasteiger partial charge on any atom is -0.0917 e. The van der Waals surface area contributed by atoms with Gasteiger partial charge in [0.1, 0.15) is 0 Å². The molecule has 0 aromatic carbocycles. The quantitative estimate of drug-likeness (QED) is 0.270. The maximum atomic E-state index is 2.55. The fraction of sp³-hybridized carbons (Fsp3) is 0.615. The Morgan fingerprint density at radius 2 is 0.828 bits per heavy atom. The Labute approximate surface area is 196 Å². The van der Waals surface area contributed by atoms with E-state index in [0.717, 1.165) is 22.6 Å². The molecule has 0 bridgehead atoms. The van der Waals surface area contributed by atoms with Crippen LogP contribution in [0.3, 0.4) is 0 Å². The summed E-state index contributed by atoms with van der Waals surface area (Å²) in [5, 5.41) is 0. The van der Waals surface area contributed by atoms with Crippen LogP contribution in [-0.4, -0.2) is 22.6 Å². The topological polar surface area (TPSA) is 0 Å². The third kappa shape index (κ3) is 6.46. The van der Waals surface area contributed by atoms with E-state index in [0.29, 0.717) is 0 Å². The van der Waals surface area contributed by atoms with Crippen molar-refractivity contribution in [2.45, 2.75) is 102 Å². The molecule has 2 saturated carbocycles. The molecule has 4 unspecified atom stereocenters. The fourth-order valence-electron chi connectivity index (χ4n) is 5.47. The summed E-state index contributed by atoms with van der Waals surface area (Å²) < 4.78 is 0. The van der Waals surface area contributed by atoms with Crippen molar-refractivity contribution in [1.29, 1.82) is 0 Å². The smallest absolute Gasteiger partial charge is 0.0917 e. The normalized spacial score (nSPS) is 38.1. The van der Waals surface area contributed by atoms with E-state index >= 15 is 0 Å². The molecule has 0 amide bonds. The van der Waals surface area contributed by atoms with Crippen LogP contribution >= 0.6 is 15.8 Å². The molecule has 10 radical (unpaired) electrons. The van der Waals surface area contributed by atoms with Crippen molar-refractivity contribution in [3.8, 4) is 0 Å². The van der Waals surface area contributed by atoms with Crippen molar-refractivity contribution >= 4 is 15.8 Å². The van der Waals surface area contributed by atoms with Gasteiger partial charge in [0.05, 0.1) is 0 Å². The van der Waals surface area contributed by atoms with E-state index in [1.807, 2.05) is 43.4 Å². The Hall–Kier alpha value is 1.38. The standard InChI is InChI=1S/C21H35P2.C5H5.Fe/c1-5-16-12-13-17(6-2)22(16)20-10-9-11-21(20)23-18(7-3)14-15-19(23)8-4;1-2-4-5-3-1;/h9-11,16-19H,5-8,12-15H2,1-4H3;1-5H;/q;;+2. The van der Waals surface area contributed by atoms with Gasteiger partial charge in [0, 0.05) is 11.3 Å². The summed E-state index contributed by atoms with van der Waals surface area (Å²) in [5.74, 6) is 0. The third-order valence-electron chi connectivity index (χ3n) is 7.01. The number of hydrogen-bond donors (Lipinski definition) is 0.